The molecule has 4 heteroatoms. The summed E-state index contributed by atoms with van der Waals surface area (Å²) in [5.41, 5.74) is 2.69. The molecule has 3 rings (SSSR count). The van der Waals surface area contributed by atoms with Gasteiger partial charge in [0, 0.05) is 37.9 Å². The second-order valence-electron chi connectivity index (χ2n) is 5.89. The number of nitrogens with one attached hydrogen (secondary N) is 1. The van der Waals surface area contributed by atoms with Crippen LogP contribution in [-0.2, 0) is 11.3 Å². The summed E-state index contributed by atoms with van der Waals surface area (Å²) in [6, 6.07) is 9.62. The fourth-order valence-corrected chi connectivity index (χ4v) is 3.01. The van der Waals surface area contributed by atoms with Crippen molar-refractivity contribution in [1.29, 1.82) is 0 Å². The summed E-state index contributed by atoms with van der Waals surface area (Å²) in [5, 5.41) is 3.65. The lowest BCUT2D eigenvalue weighted by atomic mass is 10.1. The Morgan fingerprint density at radius 3 is 2.55 bits per heavy atom. The van der Waals surface area contributed by atoms with Crippen LogP contribution in [0.3, 0.4) is 0 Å². The van der Waals surface area contributed by atoms with E-state index in [2.05, 4.69) is 46.4 Å². The first-order valence-electron chi connectivity index (χ1n) is 7.65. The topological polar surface area (TPSA) is 27.7 Å². The zero-order valence-corrected chi connectivity index (χ0v) is 12.3. The summed E-state index contributed by atoms with van der Waals surface area (Å²) < 4.78 is 5.39. The van der Waals surface area contributed by atoms with E-state index in [0.717, 1.165) is 32.8 Å². The van der Waals surface area contributed by atoms with Gasteiger partial charge in [0.1, 0.15) is 0 Å². The molecule has 0 radical (unpaired) electrons. The van der Waals surface area contributed by atoms with Gasteiger partial charge in [-0.25, -0.2) is 0 Å². The number of morpholine rings is 1. The Balaban J connectivity index is 1.50. The molecule has 0 saturated carbocycles. The molecule has 1 N–H and O–H groups in total. The van der Waals surface area contributed by atoms with E-state index in [-0.39, 0.29) is 0 Å². The van der Waals surface area contributed by atoms with Crippen LogP contribution in [0.1, 0.15) is 12.0 Å². The molecule has 2 heterocycles. The quantitative estimate of drug-likeness (QED) is 0.897. The number of likely N-dealkylation sites (tertiary alicyclic amines) is 1. The van der Waals surface area contributed by atoms with Crippen molar-refractivity contribution >= 4 is 5.69 Å². The molecule has 0 spiro atoms. The van der Waals surface area contributed by atoms with E-state index >= 15 is 0 Å². The smallest absolute Gasteiger partial charge is 0.0642 e. The van der Waals surface area contributed by atoms with E-state index < -0.39 is 0 Å². The summed E-state index contributed by atoms with van der Waals surface area (Å²) >= 11 is 0. The Morgan fingerprint density at radius 1 is 1.15 bits per heavy atom. The highest BCUT2D eigenvalue weighted by molar-refractivity contribution is 5.47. The van der Waals surface area contributed by atoms with Crippen molar-refractivity contribution in [2.45, 2.75) is 19.0 Å². The molecule has 0 amide bonds. The lowest BCUT2D eigenvalue weighted by Gasteiger charge is -2.29. The van der Waals surface area contributed by atoms with Gasteiger partial charge in [0.05, 0.1) is 13.2 Å². The second-order valence-corrected chi connectivity index (χ2v) is 5.89. The van der Waals surface area contributed by atoms with Gasteiger partial charge >= 0.3 is 0 Å². The standard InChI is InChI=1S/C16H25N3O/c1-18-7-6-15(13-18)17-12-14-2-4-16(5-3-14)19-8-10-20-11-9-19/h2-5,15,17H,6-13H2,1H3. The number of likely N-dealkylation sites (N-methyl/N-ethyl adjacent to an activating group) is 1. The predicted molar refractivity (Wildman–Crippen MR) is 82.2 cm³/mol. The maximum absolute atomic E-state index is 5.39. The van der Waals surface area contributed by atoms with Crippen molar-refractivity contribution in [2.75, 3.05) is 51.3 Å². The largest absolute Gasteiger partial charge is 0.378 e. The molecule has 1 aromatic rings. The average Bonchev–Trinajstić information content (AvgIpc) is 2.92. The average molecular weight is 275 g/mol. The second kappa shape index (κ2) is 6.57. The van der Waals surface area contributed by atoms with E-state index in [0.29, 0.717) is 6.04 Å². The third kappa shape index (κ3) is 3.51. The molecule has 1 unspecified atom stereocenters. The Morgan fingerprint density at radius 2 is 1.90 bits per heavy atom. The van der Waals surface area contributed by atoms with Crippen LogP contribution in [0, 0.1) is 0 Å². The van der Waals surface area contributed by atoms with Gasteiger partial charge in [0.25, 0.3) is 0 Å². The SMILES string of the molecule is CN1CCC(NCc2ccc(N3CCOCC3)cc2)C1. The number of ether oxygens (including phenoxy) is 1. The van der Waals surface area contributed by atoms with Crippen LogP contribution in [0.2, 0.25) is 0 Å². The predicted octanol–water partition coefficient (Wildman–Crippen LogP) is 1.32. The molecule has 20 heavy (non-hydrogen) atoms. The summed E-state index contributed by atoms with van der Waals surface area (Å²) in [4.78, 5) is 4.78. The van der Waals surface area contributed by atoms with Crippen LogP contribution in [0.5, 0.6) is 0 Å². The van der Waals surface area contributed by atoms with Gasteiger partial charge in [-0.15, -0.1) is 0 Å². The van der Waals surface area contributed by atoms with Crippen molar-refractivity contribution in [2.24, 2.45) is 0 Å². The third-order valence-electron chi connectivity index (χ3n) is 4.30. The molecular weight excluding hydrogens is 250 g/mol. The first-order valence-corrected chi connectivity index (χ1v) is 7.65. The van der Waals surface area contributed by atoms with Gasteiger partial charge in [-0.2, -0.15) is 0 Å². The molecule has 1 atom stereocenters. The van der Waals surface area contributed by atoms with Gasteiger partial charge in [0.2, 0.25) is 0 Å². The molecule has 1 aromatic carbocycles. The Labute approximate surface area is 121 Å². The van der Waals surface area contributed by atoms with E-state index in [1.165, 1.54) is 30.8 Å². The van der Waals surface area contributed by atoms with Crippen LogP contribution < -0.4 is 10.2 Å². The number of hydrogen-bond acceptors (Lipinski definition) is 4. The molecule has 2 fully saturated rings. The number of benzene rings is 1. The highest BCUT2D eigenvalue weighted by Crippen LogP contribution is 2.17. The monoisotopic (exact) mass is 275 g/mol. The summed E-state index contributed by atoms with van der Waals surface area (Å²) in [6.45, 7) is 7.07. The Bertz CT molecular complexity index is 414. The zero-order chi connectivity index (χ0) is 13.8. The number of nitrogens with zero attached hydrogens (tertiary/aromatic N) is 2. The molecule has 2 aliphatic rings. The maximum Gasteiger partial charge on any atom is 0.0642 e. The molecule has 110 valence electrons. The highest BCUT2D eigenvalue weighted by Gasteiger charge is 2.18. The third-order valence-corrected chi connectivity index (χ3v) is 4.30. The number of hydrogen-bond donors (Lipinski definition) is 1. The number of rotatable bonds is 4. The molecule has 0 aliphatic carbocycles. The fraction of sp³-hybridized carbons (Fsp3) is 0.625. The first-order chi connectivity index (χ1) is 9.81. The molecular formula is C16H25N3O. The summed E-state index contributed by atoms with van der Waals surface area (Å²) in [6.07, 6.45) is 1.27. The Kier molecular flexibility index (Phi) is 4.55. The highest BCUT2D eigenvalue weighted by atomic mass is 16.5. The van der Waals surface area contributed by atoms with Gasteiger partial charge in [-0.05, 0) is 37.7 Å². The van der Waals surface area contributed by atoms with Crippen molar-refractivity contribution < 1.29 is 4.74 Å². The lowest BCUT2D eigenvalue weighted by Crippen LogP contribution is -2.36. The van der Waals surface area contributed by atoms with Gasteiger partial charge in [-0.3, -0.25) is 0 Å². The Hall–Kier alpha value is -1.10. The van der Waals surface area contributed by atoms with E-state index in [1.54, 1.807) is 0 Å². The zero-order valence-electron chi connectivity index (χ0n) is 12.3. The van der Waals surface area contributed by atoms with E-state index in [9.17, 15) is 0 Å². The van der Waals surface area contributed by atoms with Crippen molar-refractivity contribution in [1.82, 2.24) is 10.2 Å². The summed E-state index contributed by atoms with van der Waals surface area (Å²) in [7, 11) is 2.19. The van der Waals surface area contributed by atoms with Gasteiger partial charge in [-0.1, -0.05) is 12.1 Å². The minimum atomic E-state index is 0.652. The van der Waals surface area contributed by atoms with Crippen LogP contribution in [0.15, 0.2) is 24.3 Å². The van der Waals surface area contributed by atoms with Gasteiger partial charge in [0.15, 0.2) is 0 Å². The normalized spacial score (nSPS) is 24.2. The lowest BCUT2D eigenvalue weighted by molar-refractivity contribution is 0.122. The van der Waals surface area contributed by atoms with Crippen LogP contribution >= 0.6 is 0 Å². The van der Waals surface area contributed by atoms with Crippen molar-refractivity contribution in [3.63, 3.8) is 0 Å². The number of anilines is 1. The van der Waals surface area contributed by atoms with Crippen LogP contribution in [0.4, 0.5) is 5.69 Å². The van der Waals surface area contributed by atoms with E-state index in [1.807, 2.05) is 0 Å². The van der Waals surface area contributed by atoms with Crippen LogP contribution in [0.25, 0.3) is 0 Å². The minimum absolute atomic E-state index is 0.652. The van der Waals surface area contributed by atoms with Crippen LogP contribution in [-0.4, -0.2) is 57.4 Å². The van der Waals surface area contributed by atoms with Crippen molar-refractivity contribution in [3.05, 3.63) is 29.8 Å². The minimum Gasteiger partial charge on any atom is -0.378 e. The molecule has 4 nitrogen and oxygen atoms in total. The molecule has 2 aliphatic heterocycles. The fourth-order valence-electron chi connectivity index (χ4n) is 3.01. The van der Waals surface area contributed by atoms with Crippen molar-refractivity contribution in [3.8, 4) is 0 Å². The molecule has 0 aromatic heterocycles. The first kappa shape index (κ1) is 13.9. The molecule has 0 bridgehead atoms. The molecule has 2 saturated heterocycles. The summed E-state index contributed by atoms with van der Waals surface area (Å²) in [5.74, 6) is 0. The van der Waals surface area contributed by atoms with Gasteiger partial charge < -0.3 is 19.9 Å². The van der Waals surface area contributed by atoms with E-state index in [4.69, 9.17) is 4.74 Å². The maximum atomic E-state index is 5.39.